The van der Waals surface area contributed by atoms with Gasteiger partial charge in [-0.1, -0.05) is 27.5 Å². The Hall–Kier alpha value is -0.800. The van der Waals surface area contributed by atoms with Gasteiger partial charge in [0.05, 0.1) is 0 Å². The van der Waals surface area contributed by atoms with Crippen molar-refractivity contribution in [3.8, 4) is 0 Å². The number of aromatic nitrogens is 1. The molecule has 72 valence electrons. The summed E-state index contributed by atoms with van der Waals surface area (Å²) in [4.78, 5) is 14.3. The molecule has 0 fully saturated rings. The smallest absolute Gasteiger partial charge is 0.256 e. The lowest BCUT2D eigenvalue weighted by Crippen LogP contribution is -2.07. The predicted octanol–water partition coefficient (Wildman–Crippen LogP) is 3.25. The van der Waals surface area contributed by atoms with E-state index < -0.39 is 0 Å². The van der Waals surface area contributed by atoms with E-state index in [4.69, 9.17) is 11.6 Å². The number of rotatable bonds is 0. The molecular formula is C10H7BrClNO. The number of benzene rings is 1. The fraction of sp³-hybridized carbons (Fsp3) is 0.100. The summed E-state index contributed by atoms with van der Waals surface area (Å²) in [7, 11) is 0. The third kappa shape index (κ3) is 1.57. The molecule has 0 bridgehead atoms. The highest BCUT2D eigenvalue weighted by Crippen LogP contribution is 2.26. The number of halogens is 2. The highest BCUT2D eigenvalue weighted by Gasteiger charge is 2.04. The van der Waals surface area contributed by atoms with Crippen molar-refractivity contribution < 1.29 is 0 Å². The summed E-state index contributed by atoms with van der Waals surface area (Å²) in [6.45, 7) is 1.85. The summed E-state index contributed by atoms with van der Waals surface area (Å²) in [6, 6.07) is 5.36. The first-order valence-corrected chi connectivity index (χ1v) is 5.24. The molecule has 14 heavy (non-hydrogen) atoms. The van der Waals surface area contributed by atoms with Gasteiger partial charge < -0.3 is 4.98 Å². The molecule has 1 aromatic heterocycles. The van der Waals surface area contributed by atoms with Gasteiger partial charge in [0.15, 0.2) is 0 Å². The van der Waals surface area contributed by atoms with Gasteiger partial charge in [0.2, 0.25) is 0 Å². The van der Waals surface area contributed by atoms with Gasteiger partial charge in [-0.2, -0.15) is 0 Å². The zero-order valence-electron chi connectivity index (χ0n) is 7.40. The zero-order valence-corrected chi connectivity index (χ0v) is 9.74. The molecule has 4 heteroatoms. The second kappa shape index (κ2) is 3.41. The van der Waals surface area contributed by atoms with Gasteiger partial charge in [0.1, 0.15) is 0 Å². The molecule has 0 spiro atoms. The van der Waals surface area contributed by atoms with Crippen LogP contribution in [0.5, 0.6) is 0 Å². The van der Waals surface area contributed by atoms with Gasteiger partial charge in [-0.3, -0.25) is 4.79 Å². The van der Waals surface area contributed by atoms with Crippen LogP contribution in [0.2, 0.25) is 5.02 Å². The molecule has 0 saturated heterocycles. The highest BCUT2D eigenvalue weighted by atomic mass is 79.9. The summed E-state index contributed by atoms with van der Waals surface area (Å²) in [5, 5.41) is 2.05. The number of pyridine rings is 1. The molecule has 0 aliphatic rings. The molecule has 0 aliphatic carbocycles. The standard InChI is InChI=1S/C10H7BrClNO/c1-5-2-7-8(10(14)13-5)3-6(12)4-9(7)11/h2-4H,1H3,(H,13,14). The van der Waals surface area contributed by atoms with Crippen LogP contribution in [0.25, 0.3) is 10.8 Å². The van der Waals surface area contributed by atoms with Crippen molar-refractivity contribution in [1.29, 1.82) is 0 Å². The topological polar surface area (TPSA) is 32.9 Å². The molecule has 0 radical (unpaired) electrons. The second-order valence-electron chi connectivity index (χ2n) is 3.13. The van der Waals surface area contributed by atoms with Crippen LogP contribution in [-0.2, 0) is 0 Å². The zero-order chi connectivity index (χ0) is 10.3. The summed E-state index contributed by atoms with van der Waals surface area (Å²) < 4.78 is 0.842. The molecule has 0 atom stereocenters. The quantitative estimate of drug-likeness (QED) is 0.784. The Morgan fingerprint density at radius 2 is 2.00 bits per heavy atom. The minimum Gasteiger partial charge on any atom is -0.326 e. The first-order chi connectivity index (χ1) is 6.58. The average molecular weight is 273 g/mol. The van der Waals surface area contributed by atoms with Crippen LogP contribution in [0.15, 0.2) is 27.5 Å². The normalized spacial score (nSPS) is 10.8. The van der Waals surface area contributed by atoms with E-state index in [0.29, 0.717) is 10.4 Å². The van der Waals surface area contributed by atoms with Gasteiger partial charge in [0.25, 0.3) is 5.56 Å². The molecule has 0 unspecified atom stereocenters. The van der Waals surface area contributed by atoms with Crippen LogP contribution < -0.4 is 5.56 Å². The maximum Gasteiger partial charge on any atom is 0.256 e. The maximum atomic E-state index is 11.6. The van der Waals surface area contributed by atoms with E-state index in [9.17, 15) is 4.79 Å². The number of nitrogens with one attached hydrogen (secondary N) is 1. The predicted molar refractivity (Wildman–Crippen MR) is 62.0 cm³/mol. The largest absolute Gasteiger partial charge is 0.326 e. The second-order valence-corrected chi connectivity index (χ2v) is 4.42. The average Bonchev–Trinajstić information content (AvgIpc) is 2.07. The van der Waals surface area contributed by atoms with Gasteiger partial charge in [0, 0.05) is 26.0 Å². The van der Waals surface area contributed by atoms with Crippen LogP contribution in [-0.4, -0.2) is 4.98 Å². The van der Waals surface area contributed by atoms with Crippen LogP contribution >= 0.6 is 27.5 Å². The van der Waals surface area contributed by atoms with E-state index >= 15 is 0 Å². The van der Waals surface area contributed by atoms with E-state index in [2.05, 4.69) is 20.9 Å². The van der Waals surface area contributed by atoms with Crippen molar-refractivity contribution in [3.05, 3.63) is 43.7 Å². The Morgan fingerprint density at radius 1 is 1.29 bits per heavy atom. The highest BCUT2D eigenvalue weighted by molar-refractivity contribution is 9.10. The third-order valence-electron chi connectivity index (χ3n) is 2.01. The molecule has 2 nitrogen and oxygen atoms in total. The van der Waals surface area contributed by atoms with E-state index in [1.807, 2.05) is 13.0 Å². The molecule has 1 heterocycles. The maximum absolute atomic E-state index is 11.6. The van der Waals surface area contributed by atoms with Gasteiger partial charge in [-0.05, 0) is 25.1 Å². The SMILES string of the molecule is Cc1cc2c(Br)cc(Cl)cc2c(=O)[nH]1. The molecule has 0 aliphatic heterocycles. The molecule has 1 aromatic carbocycles. The van der Waals surface area contributed by atoms with Gasteiger partial charge in [-0.15, -0.1) is 0 Å². The third-order valence-corrected chi connectivity index (χ3v) is 2.88. The van der Waals surface area contributed by atoms with Crippen molar-refractivity contribution in [2.24, 2.45) is 0 Å². The first kappa shape index (κ1) is 9.74. The van der Waals surface area contributed by atoms with Gasteiger partial charge >= 0.3 is 0 Å². The van der Waals surface area contributed by atoms with Crippen molar-refractivity contribution in [2.45, 2.75) is 6.92 Å². The summed E-state index contributed by atoms with van der Waals surface area (Å²) in [6.07, 6.45) is 0. The lowest BCUT2D eigenvalue weighted by Gasteiger charge is -2.02. The molecule has 0 amide bonds. The Bertz CT molecular complexity index is 562. The summed E-state index contributed by atoms with van der Waals surface area (Å²) in [5.74, 6) is 0. The number of aryl methyl sites for hydroxylation is 1. The molecule has 1 N–H and O–H groups in total. The van der Waals surface area contributed by atoms with E-state index in [1.54, 1.807) is 12.1 Å². The number of H-pyrrole nitrogens is 1. The minimum atomic E-state index is -0.108. The number of hydrogen-bond acceptors (Lipinski definition) is 1. The van der Waals surface area contributed by atoms with E-state index in [1.165, 1.54) is 0 Å². The van der Waals surface area contributed by atoms with Crippen molar-refractivity contribution >= 4 is 38.3 Å². The van der Waals surface area contributed by atoms with Crippen LogP contribution in [0.1, 0.15) is 5.69 Å². The lowest BCUT2D eigenvalue weighted by atomic mass is 10.1. The van der Waals surface area contributed by atoms with Crippen LogP contribution in [0.3, 0.4) is 0 Å². The Morgan fingerprint density at radius 3 is 2.71 bits per heavy atom. The Kier molecular flexibility index (Phi) is 2.37. The monoisotopic (exact) mass is 271 g/mol. The number of aromatic amines is 1. The molecule has 0 saturated carbocycles. The van der Waals surface area contributed by atoms with Crippen LogP contribution in [0.4, 0.5) is 0 Å². The molecule has 2 rings (SSSR count). The van der Waals surface area contributed by atoms with Crippen molar-refractivity contribution in [2.75, 3.05) is 0 Å². The van der Waals surface area contributed by atoms with Crippen molar-refractivity contribution in [3.63, 3.8) is 0 Å². The molecular weight excluding hydrogens is 265 g/mol. The van der Waals surface area contributed by atoms with Gasteiger partial charge in [-0.25, -0.2) is 0 Å². The van der Waals surface area contributed by atoms with Crippen molar-refractivity contribution in [1.82, 2.24) is 4.98 Å². The fourth-order valence-corrected chi connectivity index (χ4v) is 2.34. The minimum absolute atomic E-state index is 0.108. The van der Waals surface area contributed by atoms with Crippen LogP contribution in [0, 0.1) is 6.92 Å². The lowest BCUT2D eigenvalue weighted by molar-refractivity contribution is 1.17. The number of fused-ring (bicyclic) bond motifs is 1. The summed E-state index contributed by atoms with van der Waals surface area (Å²) >= 11 is 9.23. The fourth-order valence-electron chi connectivity index (χ4n) is 1.42. The van der Waals surface area contributed by atoms with E-state index in [-0.39, 0.29) is 5.56 Å². The first-order valence-electron chi connectivity index (χ1n) is 4.06. The molecule has 2 aromatic rings. The Labute approximate surface area is 94.0 Å². The Balaban J connectivity index is 3.02. The van der Waals surface area contributed by atoms with E-state index in [0.717, 1.165) is 15.6 Å². The number of hydrogen-bond donors (Lipinski definition) is 1. The summed E-state index contributed by atoms with van der Waals surface area (Å²) in [5.41, 5.74) is 0.730.